The molecule has 1 saturated heterocycles. The van der Waals surface area contributed by atoms with Crippen molar-refractivity contribution in [1.29, 1.82) is 0 Å². The lowest BCUT2D eigenvalue weighted by Gasteiger charge is -2.36. The third kappa shape index (κ3) is 4.26. The Kier molecular flexibility index (Phi) is 6.05. The van der Waals surface area contributed by atoms with Crippen molar-refractivity contribution in [3.05, 3.63) is 47.3 Å². The van der Waals surface area contributed by atoms with Gasteiger partial charge in [-0.2, -0.15) is 0 Å². The summed E-state index contributed by atoms with van der Waals surface area (Å²) in [5.41, 5.74) is 0.563. The van der Waals surface area contributed by atoms with Crippen LogP contribution in [-0.2, 0) is 11.3 Å². The van der Waals surface area contributed by atoms with Gasteiger partial charge in [-0.25, -0.2) is 4.98 Å². The number of hydrogen-bond acceptors (Lipinski definition) is 4. The van der Waals surface area contributed by atoms with E-state index < -0.39 is 0 Å². The molecule has 2 aromatic rings. The number of carbonyl (C=O) groups excluding carboxylic acids is 1. The van der Waals surface area contributed by atoms with E-state index in [0.717, 1.165) is 19.5 Å². The summed E-state index contributed by atoms with van der Waals surface area (Å²) in [7, 11) is 0. The first-order valence-electron chi connectivity index (χ1n) is 9.46. The summed E-state index contributed by atoms with van der Waals surface area (Å²) in [6.07, 6.45) is 2.85. The molecule has 1 fully saturated rings. The third-order valence-electron chi connectivity index (χ3n) is 4.95. The maximum absolute atomic E-state index is 13.0. The monoisotopic (exact) mass is 385 g/mol. The molecule has 0 N–H and O–H groups in total. The van der Waals surface area contributed by atoms with Gasteiger partial charge in [0.1, 0.15) is 0 Å². The average molecular weight is 386 g/mol. The van der Waals surface area contributed by atoms with Gasteiger partial charge in [0.2, 0.25) is 5.91 Å². The molecule has 1 aliphatic heterocycles. The zero-order chi connectivity index (χ0) is 19.6. The summed E-state index contributed by atoms with van der Waals surface area (Å²) >= 11 is 1.36. The van der Waals surface area contributed by atoms with E-state index in [-0.39, 0.29) is 16.7 Å². The Morgan fingerprint density at radius 1 is 1.33 bits per heavy atom. The molecular formula is C21H27N3O2S. The minimum absolute atomic E-state index is 0.0946. The van der Waals surface area contributed by atoms with E-state index in [1.807, 2.05) is 30.0 Å². The second-order valence-corrected chi connectivity index (χ2v) is 8.87. The molecule has 2 heterocycles. The molecule has 0 radical (unpaired) electrons. The highest BCUT2D eigenvalue weighted by atomic mass is 32.2. The van der Waals surface area contributed by atoms with Gasteiger partial charge in [-0.3, -0.25) is 14.2 Å². The van der Waals surface area contributed by atoms with Crippen molar-refractivity contribution in [3.63, 3.8) is 0 Å². The van der Waals surface area contributed by atoms with Gasteiger partial charge >= 0.3 is 0 Å². The van der Waals surface area contributed by atoms with Crippen molar-refractivity contribution in [2.45, 2.75) is 44.1 Å². The average Bonchev–Trinajstić information content (AvgIpc) is 2.63. The fourth-order valence-electron chi connectivity index (χ4n) is 3.84. The first kappa shape index (κ1) is 19.7. The van der Waals surface area contributed by atoms with Gasteiger partial charge < -0.3 is 4.90 Å². The molecule has 3 atom stereocenters. The van der Waals surface area contributed by atoms with Gasteiger partial charge in [0.05, 0.1) is 16.2 Å². The highest BCUT2D eigenvalue weighted by molar-refractivity contribution is 8.00. The second-order valence-electron chi connectivity index (χ2n) is 7.57. The van der Waals surface area contributed by atoms with Crippen molar-refractivity contribution < 1.29 is 4.79 Å². The maximum Gasteiger partial charge on any atom is 0.262 e. The van der Waals surface area contributed by atoms with E-state index in [1.54, 1.807) is 16.7 Å². The molecule has 1 amide bonds. The quantitative estimate of drug-likeness (QED) is 0.449. The van der Waals surface area contributed by atoms with E-state index in [2.05, 4.69) is 25.4 Å². The standard InChI is InChI=1S/C21H27N3O2S/c1-5-10-24-20(26)17-8-6-7-9-18(17)22-21(24)27-16(4)19(25)23-12-14(2)11-15(3)13-23/h5-9,14-16H,1,10-13H2,2-4H3/t14-,15+,16-/m1/s1. The van der Waals surface area contributed by atoms with Gasteiger partial charge in [0.25, 0.3) is 5.56 Å². The molecule has 0 saturated carbocycles. The van der Waals surface area contributed by atoms with Gasteiger partial charge in [0.15, 0.2) is 5.16 Å². The highest BCUT2D eigenvalue weighted by Gasteiger charge is 2.29. The highest BCUT2D eigenvalue weighted by Crippen LogP contribution is 2.27. The van der Waals surface area contributed by atoms with Crippen LogP contribution in [0, 0.1) is 11.8 Å². The van der Waals surface area contributed by atoms with Crippen molar-refractivity contribution in [1.82, 2.24) is 14.5 Å². The van der Waals surface area contributed by atoms with Gasteiger partial charge in [0, 0.05) is 19.6 Å². The number of carbonyl (C=O) groups is 1. The fourth-order valence-corrected chi connectivity index (χ4v) is 4.84. The molecule has 0 aliphatic carbocycles. The summed E-state index contributed by atoms with van der Waals surface area (Å²) in [6.45, 7) is 12.0. The normalized spacial score (nSPS) is 21.2. The Bertz CT molecular complexity index is 898. The molecule has 1 aromatic heterocycles. The van der Waals surface area contributed by atoms with Crippen LogP contribution in [0.3, 0.4) is 0 Å². The van der Waals surface area contributed by atoms with E-state index in [4.69, 9.17) is 0 Å². The lowest BCUT2D eigenvalue weighted by molar-refractivity contribution is -0.132. The Labute approximate surface area is 164 Å². The van der Waals surface area contributed by atoms with Gasteiger partial charge in [-0.1, -0.05) is 43.8 Å². The fraction of sp³-hybridized carbons (Fsp3) is 0.476. The largest absolute Gasteiger partial charge is 0.341 e. The number of allylic oxidation sites excluding steroid dienone is 1. The number of rotatable bonds is 5. The molecule has 1 aromatic carbocycles. The number of likely N-dealkylation sites (tertiary alicyclic amines) is 1. The summed E-state index contributed by atoms with van der Waals surface area (Å²) in [5, 5.41) is 0.852. The number of benzene rings is 1. The molecule has 1 aliphatic rings. The van der Waals surface area contributed by atoms with Crippen LogP contribution in [0.25, 0.3) is 10.9 Å². The first-order chi connectivity index (χ1) is 12.9. The van der Waals surface area contributed by atoms with Crippen LogP contribution in [-0.4, -0.2) is 38.7 Å². The van der Waals surface area contributed by atoms with Gasteiger partial charge in [-0.15, -0.1) is 6.58 Å². The lowest BCUT2D eigenvalue weighted by atomic mass is 9.92. The summed E-state index contributed by atoms with van der Waals surface area (Å²) in [4.78, 5) is 32.5. The molecular weight excluding hydrogens is 358 g/mol. The SMILES string of the molecule is C=CCn1c(S[C@H](C)C(=O)N2C[C@H](C)C[C@H](C)C2)nc2ccccc2c1=O. The van der Waals surface area contributed by atoms with Crippen LogP contribution in [0.15, 0.2) is 46.9 Å². The van der Waals surface area contributed by atoms with E-state index in [9.17, 15) is 9.59 Å². The van der Waals surface area contributed by atoms with Crippen molar-refractivity contribution in [2.24, 2.45) is 11.8 Å². The lowest BCUT2D eigenvalue weighted by Crippen LogP contribution is -2.45. The number of piperidine rings is 1. The van der Waals surface area contributed by atoms with E-state index >= 15 is 0 Å². The molecule has 0 unspecified atom stereocenters. The van der Waals surface area contributed by atoms with Gasteiger partial charge in [-0.05, 0) is 37.3 Å². The predicted molar refractivity (Wildman–Crippen MR) is 111 cm³/mol. The zero-order valence-electron chi connectivity index (χ0n) is 16.2. The molecule has 5 nitrogen and oxygen atoms in total. The van der Waals surface area contributed by atoms with Crippen LogP contribution >= 0.6 is 11.8 Å². The van der Waals surface area contributed by atoms with Crippen LogP contribution in [0.1, 0.15) is 27.2 Å². The number of hydrogen-bond donors (Lipinski definition) is 0. The van der Waals surface area contributed by atoms with Crippen molar-refractivity contribution in [3.8, 4) is 0 Å². The number of thioether (sulfide) groups is 1. The molecule has 0 bridgehead atoms. The van der Waals surface area contributed by atoms with Crippen molar-refractivity contribution in [2.75, 3.05) is 13.1 Å². The molecule has 6 heteroatoms. The molecule has 144 valence electrons. The Morgan fingerprint density at radius 2 is 2.00 bits per heavy atom. The summed E-state index contributed by atoms with van der Waals surface area (Å²) < 4.78 is 1.60. The maximum atomic E-state index is 13.0. The molecule has 0 spiro atoms. The predicted octanol–water partition coefficient (Wildman–Crippen LogP) is 3.57. The topological polar surface area (TPSA) is 55.2 Å². The van der Waals surface area contributed by atoms with E-state index in [1.165, 1.54) is 11.8 Å². The Balaban J connectivity index is 1.88. The first-order valence-corrected chi connectivity index (χ1v) is 10.3. The summed E-state index contributed by atoms with van der Waals surface area (Å²) in [5.74, 6) is 1.16. The number of para-hydroxylation sites is 1. The second kappa shape index (κ2) is 8.30. The zero-order valence-corrected chi connectivity index (χ0v) is 17.0. The van der Waals surface area contributed by atoms with Crippen LogP contribution in [0.2, 0.25) is 0 Å². The van der Waals surface area contributed by atoms with Crippen LogP contribution < -0.4 is 5.56 Å². The molecule has 27 heavy (non-hydrogen) atoms. The Morgan fingerprint density at radius 3 is 2.67 bits per heavy atom. The number of fused-ring (bicyclic) bond motifs is 1. The minimum atomic E-state index is -0.299. The number of nitrogens with zero attached hydrogens (tertiary/aromatic N) is 3. The van der Waals surface area contributed by atoms with Crippen LogP contribution in [0.5, 0.6) is 0 Å². The van der Waals surface area contributed by atoms with Crippen LogP contribution in [0.4, 0.5) is 0 Å². The van der Waals surface area contributed by atoms with Crippen molar-refractivity contribution >= 4 is 28.6 Å². The molecule has 3 rings (SSSR count). The summed E-state index contributed by atoms with van der Waals surface area (Å²) in [6, 6.07) is 7.32. The number of aromatic nitrogens is 2. The van der Waals surface area contributed by atoms with E-state index in [0.29, 0.717) is 34.4 Å². The smallest absolute Gasteiger partial charge is 0.262 e. The third-order valence-corrected chi connectivity index (χ3v) is 6.03. The number of amides is 1. The Hall–Kier alpha value is -2.08. The minimum Gasteiger partial charge on any atom is -0.341 e.